The van der Waals surface area contributed by atoms with Crippen molar-refractivity contribution in [2.75, 3.05) is 7.11 Å². The van der Waals surface area contributed by atoms with Crippen LogP contribution in [0.1, 0.15) is 54.4 Å². The average molecular weight is 285 g/mol. The van der Waals surface area contributed by atoms with Gasteiger partial charge in [-0.05, 0) is 39.0 Å². The third-order valence-electron chi connectivity index (χ3n) is 2.28. The van der Waals surface area contributed by atoms with Gasteiger partial charge in [-0.2, -0.15) is 0 Å². The third-order valence-corrected chi connectivity index (χ3v) is 2.28. The van der Waals surface area contributed by atoms with Crippen molar-refractivity contribution in [3.8, 4) is 0 Å². The number of allylic oxidation sites excluding steroid dienone is 1. The molecule has 116 valence electrons. The molecule has 0 aliphatic carbocycles. The maximum Gasteiger partial charge on any atom is 0.412 e. The first-order chi connectivity index (χ1) is 8.94. The molecule has 5 heteroatoms. The zero-order chi connectivity index (χ0) is 16.0. The Bertz CT molecular complexity index is 372. The molecule has 0 saturated heterocycles. The minimum atomic E-state index is -0.662. The smallest absolute Gasteiger partial charge is 0.412 e. The predicted molar refractivity (Wildman–Crippen MR) is 78.2 cm³/mol. The standard InChI is InChI=1S/C15H27NO4/c1-14(2,3)10-8-9-11(12(17)19-7)16-13(18)20-15(4,5)6/h9H,8,10H2,1-7H3,(H,16,18)/b11-9+. The summed E-state index contributed by atoms with van der Waals surface area (Å²) in [7, 11) is 1.27. The topological polar surface area (TPSA) is 64.6 Å². The van der Waals surface area contributed by atoms with Crippen LogP contribution in [0, 0.1) is 5.41 Å². The number of alkyl carbamates (subject to hydrolysis) is 1. The lowest BCUT2D eigenvalue weighted by Crippen LogP contribution is -2.34. The van der Waals surface area contributed by atoms with Gasteiger partial charge in [-0.3, -0.25) is 5.32 Å². The number of carbonyl (C=O) groups is 2. The first-order valence-corrected chi connectivity index (χ1v) is 6.73. The number of methoxy groups -OCH3 is 1. The molecule has 0 aromatic rings. The van der Waals surface area contributed by atoms with Crippen molar-refractivity contribution in [3.05, 3.63) is 11.8 Å². The van der Waals surface area contributed by atoms with Crippen LogP contribution in [-0.2, 0) is 14.3 Å². The number of hydrogen-bond acceptors (Lipinski definition) is 4. The van der Waals surface area contributed by atoms with E-state index in [1.807, 2.05) is 0 Å². The molecule has 0 saturated carbocycles. The van der Waals surface area contributed by atoms with E-state index in [0.717, 1.165) is 6.42 Å². The van der Waals surface area contributed by atoms with Crippen LogP contribution in [0.4, 0.5) is 4.79 Å². The Hall–Kier alpha value is -1.52. The highest BCUT2D eigenvalue weighted by atomic mass is 16.6. The third kappa shape index (κ3) is 9.42. The highest BCUT2D eigenvalue weighted by Gasteiger charge is 2.20. The fourth-order valence-electron chi connectivity index (χ4n) is 1.36. The van der Waals surface area contributed by atoms with Gasteiger partial charge in [0.15, 0.2) is 0 Å². The molecule has 0 heterocycles. The first-order valence-electron chi connectivity index (χ1n) is 6.73. The predicted octanol–water partition coefficient (Wildman–Crippen LogP) is 3.39. The molecule has 1 amide bonds. The molecule has 20 heavy (non-hydrogen) atoms. The average Bonchev–Trinajstić information content (AvgIpc) is 2.22. The molecular formula is C15H27NO4. The maximum atomic E-state index is 11.7. The van der Waals surface area contributed by atoms with Crippen molar-refractivity contribution in [3.63, 3.8) is 0 Å². The zero-order valence-electron chi connectivity index (χ0n) is 13.6. The highest BCUT2D eigenvalue weighted by Crippen LogP contribution is 2.21. The normalized spacial score (nSPS) is 12.8. The van der Waals surface area contributed by atoms with Crippen LogP contribution in [0.15, 0.2) is 11.8 Å². The van der Waals surface area contributed by atoms with E-state index >= 15 is 0 Å². The number of rotatable bonds is 4. The number of amides is 1. The van der Waals surface area contributed by atoms with E-state index in [2.05, 4.69) is 30.8 Å². The largest absolute Gasteiger partial charge is 0.464 e. The van der Waals surface area contributed by atoms with E-state index in [0.29, 0.717) is 6.42 Å². The van der Waals surface area contributed by atoms with Crippen LogP contribution >= 0.6 is 0 Å². The Morgan fingerprint density at radius 3 is 2.05 bits per heavy atom. The van der Waals surface area contributed by atoms with Gasteiger partial charge < -0.3 is 9.47 Å². The van der Waals surface area contributed by atoms with Gasteiger partial charge in [-0.1, -0.05) is 26.8 Å². The zero-order valence-corrected chi connectivity index (χ0v) is 13.6. The van der Waals surface area contributed by atoms with Crippen LogP contribution in [-0.4, -0.2) is 24.8 Å². The second-order valence-electron chi connectivity index (χ2n) is 6.84. The van der Waals surface area contributed by atoms with Crippen molar-refractivity contribution in [1.82, 2.24) is 5.32 Å². The van der Waals surface area contributed by atoms with E-state index in [-0.39, 0.29) is 11.1 Å². The molecule has 0 bridgehead atoms. The lowest BCUT2D eigenvalue weighted by atomic mass is 9.90. The second kappa shape index (κ2) is 7.31. The van der Waals surface area contributed by atoms with Crippen molar-refractivity contribution < 1.29 is 19.1 Å². The fourth-order valence-corrected chi connectivity index (χ4v) is 1.36. The molecule has 0 fully saturated rings. The Morgan fingerprint density at radius 2 is 1.65 bits per heavy atom. The van der Waals surface area contributed by atoms with E-state index in [9.17, 15) is 9.59 Å². The van der Waals surface area contributed by atoms with Crippen LogP contribution in [0.3, 0.4) is 0 Å². The molecule has 0 rings (SSSR count). The van der Waals surface area contributed by atoms with E-state index in [1.165, 1.54) is 7.11 Å². The van der Waals surface area contributed by atoms with Crippen LogP contribution in [0.2, 0.25) is 0 Å². The molecular weight excluding hydrogens is 258 g/mol. The maximum absolute atomic E-state index is 11.7. The minimum Gasteiger partial charge on any atom is -0.464 e. The van der Waals surface area contributed by atoms with Crippen molar-refractivity contribution in [1.29, 1.82) is 0 Å². The van der Waals surface area contributed by atoms with E-state index in [1.54, 1.807) is 26.8 Å². The quantitative estimate of drug-likeness (QED) is 0.635. The second-order valence-corrected chi connectivity index (χ2v) is 6.84. The van der Waals surface area contributed by atoms with Gasteiger partial charge in [0.1, 0.15) is 11.3 Å². The summed E-state index contributed by atoms with van der Waals surface area (Å²) in [5, 5.41) is 2.44. The summed E-state index contributed by atoms with van der Waals surface area (Å²) in [6, 6.07) is 0. The van der Waals surface area contributed by atoms with Gasteiger partial charge in [-0.25, -0.2) is 9.59 Å². The van der Waals surface area contributed by atoms with Crippen LogP contribution < -0.4 is 5.32 Å². The SMILES string of the molecule is COC(=O)/C(=C\CCC(C)(C)C)NC(=O)OC(C)(C)C. The molecule has 0 aliphatic rings. The number of ether oxygens (including phenoxy) is 2. The van der Waals surface area contributed by atoms with Gasteiger partial charge >= 0.3 is 12.1 Å². The highest BCUT2D eigenvalue weighted by molar-refractivity contribution is 5.92. The summed E-state index contributed by atoms with van der Waals surface area (Å²) >= 11 is 0. The van der Waals surface area contributed by atoms with Gasteiger partial charge in [0.25, 0.3) is 0 Å². The number of nitrogens with one attached hydrogen (secondary N) is 1. The number of carbonyl (C=O) groups excluding carboxylic acids is 2. The molecule has 0 aromatic heterocycles. The molecule has 0 atom stereocenters. The minimum absolute atomic E-state index is 0.117. The van der Waals surface area contributed by atoms with E-state index in [4.69, 9.17) is 4.74 Å². The molecule has 5 nitrogen and oxygen atoms in total. The summed E-state index contributed by atoms with van der Waals surface area (Å²) in [6.45, 7) is 11.6. The Balaban J connectivity index is 4.70. The first kappa shape index (κ1) is 18.5. The Kier molecular flexibility index (Phi) is 6.76. The molecule has 0 radical (unpaired) electrons. The van der Waals surface area contributed by atoms with Gasteiger partial charge in [0.2, 0.25) is 0 Å². The monoisotopic (exact) mass is 285 g/mol. The van der Waals surface area contributed by atoms with Crippen molar-refractivity contribution in [2.24, 2.45) is 5.41 Å². The van der Waals surface area contributed by atoms with Gasteiger partial charge in [0, 0.05) is 0 Å². The molecule has 0 aliphatic heterocycles. The summed E-state index contributed by atoms with van der Waals surface area (Å²) < 4.78 is 9.76. The van der Waals surface area contributed by atoms with Crippen LogP contribution in [0.25, 0.3) is 0 Å². The van der Waals surface area contributed by atoms with Gasteiger partial charge in [0.05, 0.1) is 7.11 Å². The summed E-state index contributed by atoms with van der Waals surface area (Å²) in [6.07, 6.45) is 2.57. The van der Waals surface area contributed by atoms with Gasteiger partial charge in [-0.15, -0.1) is 0 Å². The molecule has 0 unspecified atom stereocenters. The molecule has 0 spiro atoms. The summed E-state index contributed by atoms with van der Waals surface area (Å²) in [5.74, 6) is -0.579. The van der Waals surface area contributed by atoms with E-state index < -0.39 is 17.7 Å². The number of esters is 1. The number of hydrogen-bond donors (Lipinski definition) is 1. The van der Waals surface area contributed by atoms with Crippen LogP contribution in [0.5, 0.6) is 0 Å². The molecule has 0 aromatic carbocycles. The van der Waals surface area contributed by atoms with Crippen molar-refractivity contribution in [2.45, 2.75) is 60.0 Å². The Morgan fingerprint density at radius 1 is 1.10 bits per heavy atom. The summed E-state index contributed by atoms with van der Waals surface area (Å²) in [5.41, 5.74) is -0.341. The van der Waals surface area contributed by atoms with Crippen molar-refractivity contribution >= 4 is 12.1 Å². The Labute approximate surface area is 121 Å². The lowest BCUT2D eigenvalue weighted by Gasteiger charge is -2.20. The fraction of sp³-hybridized carbons (Fsp3) is 0.733. The summed E-state index contributed by atoms with van der Waals surface area (Å²) in [4.78, 5) is 23.3. The lowest BCUT2D eigenvalue weighted by molar-refractivity contribution is -0.136. The molecule has 1 N–H and O–H groups in total.